The minimum Gasteiger partial charge on any atom is -0.480 e. The Balaban J connectivity index is 2.03. The molecule has 0 saturated carbocycles. The number of nitrogens with one attached hydrogen (secondary N) is 1. The van der Waals surface area contributed by atoms with Crippen LogP contribution in [0.25, 0.3) is 0 Å². The molecule has 0 bridgehead atoms. The van der Waals surface area contributed by atoms with Gasteiger partial charge in [0, 0.05) is 0 Å². The lowest BCUT2D eigenvalue weighted by Crippen LogP contribution is -2.29. The maximum absolute atomic E-state index is 13.4. The average molecular weight is 241 g/mol. The fraction of sp³-hybridized carbons (Fsp3) is 0.417. The van der Waals surface area contributed by atoms with Gasteiger partial charge >= 0.3 is 5.97 Å². The van der Waals surface area contributed by atoms with Crippen LogP contribution < -0.4 is 5.32 Å². The van der Waals surface area contributed by atoms with Crippen LogP contribution in [0.2, 0.25) is 0 Å². The lowest BCUT2D eigenvalue weighted by atomic mass is 9.96. The number of carbonyl (C=O) groups is 1. The van der Waals surface area contributed by atoms with Crippen molar-refractivity contribution in [2.45, 2.75) is 18.9 Å². The van der Waals surface area contributed by atoms with Crippen molar-refractivity contribution in [1.29, 1.82) is 0 Å². The smallest absolute Gasteiger partial charge is 0.320 e. The summed E-state index contributed by atoms with van der Waals surface area (Å²) in [4.78, 5) is 10.7. The maximum Gasteiger partial charge on any atom is 0.320 e. The molecule has 0 spiro atoms. The number of halogens is 2. The van der Waals surface area contributed by atoms with Crippen LogP contribution in [0.3, 0.4) is 0 Å². The zero-order chi connectivity index (χ0) is 12.4. The van der Waals surface area contributed by atoms with Crippen molar-refractivity contribution >= 4 is 5.97 Å². The summed E-state index contributed by atoms with van der Waals surface area (Å²) in [5.74, 6) is -2.55. The van der Waals surface area contributed by atoms with Crippen LogP contribution in [-0.4, -0.2) is 23.7 Å². The van der Waals surface area contributed by atoms with Crippen LogP contribution in [0.4, 0.5) is 8.78 Å². The van der Waals surface area contributed by atoms with Gasteiger partial charge in [-0.3, -0.25) is 4.79 Å². The predicted octanol–water partition coefficient (Wildman–Crippen LogP) is 1.57. The van der Waals surface area contributed by atoms with Gasteiger partial charge < -0.3 is 10.4 Å². The van der Waals surface area contributed by atoms with Gasteiger partial charge in [-0.05, 0) is 36.9 Å². The van der Waals surface area contributed by atoms with Crippen molar-refractivity contribution in [1.82, 2.24) is 5.32 Å². The van der Waals surface area contributed by atoms with Crippen molar-refractivity contribution in [2.24, 2.45) is 5.92 Å². The van der Waals surface area contributed by atoms with Gasteiger partial charge in [0.1, 0.15) is 6.04 Å². The van der Waals surface area contributed by atoms with Gasteiger partial charge in [-0.1, -0.05) is 12.1 Å². The average Bonchev–Trinajstić information content (AvgIpc) is 2.73. The van der Waals surface area contributed by atoms with E-state index in [0.717, 1.165) is 6.07 Å². The van der Waals surface area contributed by atoms with E-state index in [1.54, 1.807) is 0 Å². The van der Waals surface area contributed by atoms with Gasteiger partial charge in [0.2, 0.25) is 0 Å². The summed E-state index contributed by atoms with van der Waals surface area (Å²) in [5.41, 5.74) is 0.308. The first kappa shape index (κ1) is 12.0. The fourth-order valence-electron chi connectivity index (χ4n) is 2.17. The van der Waals surface area contributed by atoms with Gasteiger partial charge in [-0.25, -0.2) is 8.78 Å². The molecule has 1 fully saturated rings. The number of carboxylic acids is 1. The quantitative estimate of drug-likeness (QED) is 0.844. The molecule has 0 aromatic heterocycles. The van der Waals surface area contributed by atoms with Crippen LogP contribution in [0.15, 0.2) is 18.2 Å². The van der Waals surface area contributed by atoms with Crippen LogP contribution in [0, 0.1) is 17.6 Å². The van der Waals surface area contributed by atoms with Crippen LogP contribution in [0.5, 0.6) is 0 Å². The molecule has 2 rings (SSSR count). The summed E-state index contributed by atoms with van der Waals surface area (Å²) in [5, 5.41) is 11.6. The minimum absolute atomic E-state index is 0.0346. The zero-order valence-electron chi connectivity index (χ0n) is 9.12. The third kappa shape index (κ3) is 2.61. The van der Waals surface area contributed by atoms with Gasteiger partial charge in [0.25, 0.3) is 0 Å². The Morgan fingerprint density at radius 3 is 2.88 bits per heavy atom. The Hall–Kier alpha value is -1.49. The highest BCUT2D eigenvalue weighted by Gasteiger charge is 2.29. The minimum atomic E-state index is -0.896. The molecule has 0 unspecified atom stereocenters. The third-order valence-corrected chi connectivity index (χ3v) is 3.06. The van der Waals surface area contributed by atoms with E-state index in [-0.39, 0.29) is 5.92 Å². The number of rotatable bonds is 3. The molecule has 1 aliphatic rings. The molecule has 0 amide bonds. The lowest BCUT2D eigenvalue weighted by molar-refractivity contribution is -0.139. The Morgan fingerprint density at radius 2 is 2.24 bits per heavy atom. The van der Waals surface area contributed by atoms with E-state index in [2.05, 4.69) is 5.32 Å². The molecule has 1 aliphatic heterocycles. The standard InChI is InChI=1S/C12H13F2NO2/c13-9-3-1-2-8(11(9)14)4-7-5-10(12(16)17)15-6-7/h1-3,7,10,15H,4-6H2,(H,16,17)/t7-,10-/m0/s1. The fourth-order valence-corrected chi connectivity index (χ4v) is 2.17. The van der Waals surface area contributed by atoms with Crippen molar-refractivity contribution in [3.8, 4) is 0 Å². The number of carboxylic acid groups (broad SMARTS) is 1. The molecule has 2 atom stereocenters. The molecule has 1 saturated heterocycles. The van der Waals surface area contributed by atoms with Gasteiger partial charge in [0.05, 0.1) is 0 Å². The third-order valence-electron chi connectivity index (χ3n) is 3.06. The van der Waals surface area contributed by atoms with E-state index in [0.29, 0.717) is 24.9 Å². The van der Waals surface area contributed by atoms with Crippen molar-refractivity contribution in [3.63, 3.8) is 0 Å². The summed E-state index contributed by atoms with van der Waals surface area (Å²) in [6.07, 6.45) is 0.811. The number of benzene rings is 1. The topological polar surface area (TPSA) is 49.3 Å². The number of hydrogen-bond donors (Lipinski definition) is 2. The van der Waals surface area contributed by atoms with E-state index in [4.69, 9.17) is 5.11 Å². The largest absolute Gasteiger partial charge is 0.480 e. The molecule has 92 valence electrons. The zero-order valence-corrected chi connectivity index (χ0v) is 9.12. The second-order valence-corrected chi connectivity index (χ2v) is 4.32. The van der Waals surface area contributed by atoms with E-state index in [1.807, 2.05) is 0 Å². The van der Waals surface area contributed by atoms with E-state index in [1.165, 1.54) is 12.1 Å². The SMILES string of the molecule is O=C(O)[C@@H]1C[C@H](Cc2cccc(F)c2F)CN1. The Labute approximate surface area is 97.5 Å². The molecule has 2 N–H and O–H groups in total. The summed E-state index contributed by atoms with van der Waals surface area (Å²) < 4.78 is 26.4. The summed E-state index contributed by atoms with van der Waals surface area (Å²) >= 11 is 0. The highest BCUT2D eigenvalue weighted by Crippen LogP contribution is 2.22. The molecule has 0 aliphatic carbocycles. The monoisotopic (exact) mass is 241 g/mol. The Bertz CT molecular complexity index is 437. The first-order chi connectivity index (χ1) is 8.08. The first-order valence-electron chi connectivity index (χ1n) is 5.47. The van der Waals surface area contributed by atoms with Crippen LogP contribution in [0.1, 0.15) is 12.0 Å². The first-order valence-corrected chi connectivity index (χ1v) is 5.47. The summed E-state index contributed by atoms with van der Waals surface area (Å²) in [7, 11) is 0. The molecule has 1 aromatic carbocycles. The normalized spacial score (nSPS) is 23.9. The van der Waals surface area contributed by atoms with E-state index in [9.17, 15) is 13.6 Å². The van der Waals surface area contributed by atoms with Crippen LogP contribution >= 0.6 is 0 Å². The van der Waals surface area contributed by atoms with Crippen molar-refractivity contribution < 1.29 is 18.7 Å². The Morgan fingerprint density at radius 1 is 1.47 bits per heavy atom. The number of aliphatic carboxylic acids is 1. The summed E-state index contributed by atoms with van der Waals surface area (Å²) in [6, 6.07) is 3.50. The highest BCUT2D eigenvalue weighted by atomic mass is 19.2. The summed E-state index contributed by atoms with van der Waals surface area (Å²) in [6.45, 7) is 0.521. The lowest BCUT2D eigenvalue weighted by Gasteiger charge is -2.09. The van der Waals surface area contributed by atoms with Crippen molar-refractivity contribution in [3.05, 3.63) is 35.4 Å². The van der Waals surface area contributed by atoms with E-state index < -0.39 is 23.6 Å². The van der Waals surface area contributed by atoms with Gasteiger partial charge in [-0.15, -0.1) is 0 Å². The maximum atomic E-state index is 13.4. The van der Waals surface area contributed by atoms with E-state index >= 15 is 0 Å². The Kier molecular flexibility index (Phi) is 3.38. The molecule has 1 heterocycles. The molecule has 1 aromatic rings. The molecule has 0 radical (unpaired) electrons. The molecular formula is C12H13F2NO2. The highest BCUT2D eigenvalue weighted by molar-refractivity contribution is 5.73. The molecule has 3 nitrogen and oxygen atoms in total. The molecular weight excluding hydrogens is 228 g/mol. The number of hydrogen-bond acceptors (Lipinski definition) is 2. The van der Waals surface area contributed by atoms with Crippen molar-refractivity contribution in [2.75, 3.05) is 6.54 Å². The van der Waals surface area contributed by atoms with Crippen LogP contribution in [-0.2, 0) is 11.2 Å². The van der Waals surface area contributed by atoms with Gasteiger partial charge in [0.15, 0.2) is 11.6 Å². The van der Waals surface area contributed by atoms with Gasteiger partial charge in [-0.2, -0.15) is 0 Å². The predicted molar refractivity (Wildman–Crippen MR) is 57.6 cm³/mol. The second kappa shape index (κ2) is 4.79. The molecule has 17 heavy (non-hydrogen) atoms. The second-order valence-electron chi connectivity index (χ2n) is 4.32. The molecule has 5 heteroatoms.